The minimum absolute atomic E-state index is 0.0676. The van der Waals surface area contributed by atoms with E-state index in [1.807, 2.05) is 0 Å². The first-order chi connectivity index (χ1) is 37.0. The van der Waals surface area contributed by atoms with Gasteiger partial charge in [-0.05, 0) is 57.8 Å². The van der Waals surface area contributed by atoms with Crippen molar-refractivity contribution in [2.24, 2.45) is 0 Å². The van der Waals surface area contributed by atoms with Gasteiger partial charge in [-0.2, -0.15) is 0 Å². The van der Waals surface area contributed by atoms with Crippen LogP contribution in [-0.4, -0.2) is 37.2 Å². The van der Waals surface area contributed by atoms with Crippen LogP contribution in [-0.2, 0) is 28.6 Å². The van der Waals surface area contributed by atoms with Crippen LogP contribution in [0.15, 0.2) is 48.6 Å². The van der Waals surface area contributed by atoms with Gasteiger partial charge < -0.3 is 14.2 Å². The highest BCUT2D eigenvalue weighted by Crippen LogP contribution is 2.18. The summed E-state index contributed by atoms with van der Waals surface area (Å²) < 4.78 is 16.9. The van der Waals surface area contributed by atoms with E-state index in [9.17, 15) is 14.4 Å². The minimum atomic E-state index is -0.770. The van der Waals surface area contributed by atoms with Gasteiger partial charge in [0.05, 0.1) is 0 Å². The molecule has 438 valence electrons. The second kappa shape index (κ2) is 63.9. The van der Waals surface area contributed by atoms with Crippen molar-refractivity contribution in [2.45, 2.75) is 361 Å². The number of carbonyl (C=O) groups excluding carboxylic acids is 3. The van der Waals surface area contributed by atoms with Gasteiger partial charge in [-0.25, -0.2) is 0 Å². The molecule has 0 saturated carbocycles. The van der Waals surface area contributed by atoms with E-state index < -0.39 is 6.10 Å². The smallest absolute Gasteiger partial charge is 0.306 e. The van der Waals surface area contributed by atoms with Crippen LogP contribution < -0.4 is 0 Å². The Morgan fingerprint density at radius 1 is 0.280 bits per heavy atom. The topological polar surface area (TPSA) is 78.9 Å². The number of hydrogen-bond donors (Lipinski definition) is 0. The van der Waals surface area contributed by atoms with Crippen molar-refractivity contribution in [3.05, 3.63) is 48.6 Å². The lowest BCUT2D eigenvalue weighted by Gasteiger charge is -2.18. The maximum Gasteiger partial charge on any atom is 0.306 e. The Bertz CT molecular complexity index is 1300. The highest BCUT2D eigenvalue weighted by atomic mass is 16.6. The second-order valence-corrected chi connectivity index (χ2v) is 22.4. The predicted molar refractivity (Wildman–Crippen MR) is 325 cm³/mol. The third kappa shape index (κ3) is 62.1. The van der Waals surface area contributed by atoms with Crippen molar-refractivity contribution in [3.63, 3.8) is 0 Å². The maximum atomic E-state index is 12.9. The zero-order chi connectivity index (χ0) is 54.3. The first-order valence-corrected chi connectivity index (χ1v) is 33.1. The third-order valence-electron chi connectivity index (χ3n) is 14.8. The average molecular weight is 1050 g/mol. The summed E-state index contributed by atoms with van der Waals surface area (Å²) in [7, 11) is 0. The molecule has 0 aromatic heterocycles. The lowest BCUT2D eigenvalue weighted by atomic mass is 10.0. The molecule has 0 rings (SSSR count). The van der Waals surface area contributed by atoms with E-state index in [0.717, 1.165) is 83.5 Å². The molecule has 0 radical (unpaired) electrons. The lowest BCUT2D eigenvalue weighted by Crippen LogP contribution is -2.30. The molecule has 0 N–H and O–H groups in total. The van der Waals surface area contributed by atoms with Gasteiger partial charge >= 0.3 is 17.9 Å². The summed E-state index contributed by atoms with van der Waals surface area (Å²) in [5.41, 5.74) is 0. The van der Waals surface area contributed by atoms with Gasteiger partial charge in [0, 0.05) is 19.3 Å². The van der Waals surface area contributed by atoms with Crippen LogP contribution in [0.2, 0.25) is 0 Å². The number of unbranched alkanes of at least 4 members (excludes halogenated alkanes) is 42. The maximum absolute atomic E-state index is 12.9. The number of allylic oxidation sites excluding steroid dienone is 8. The van der Waals surface area contributed by atoms with Gasteiger partial charge in [0.2, 0.25) is 0 Å². The van der Waals surface area contributed by atoms with Crippen LogP contribution >= 0.6 is 0 Å². The predicted octanol–water partition coefficient (Wildman–Crippen LogP) is 22.6. The Morgan fingerprint density at radius 2 is 0.520 bits per heavy atom. The van der Waals surface area contributed by atoms with Crippen molar-refractivity contribution < 1.29 is 28.6 Å². The molecule has 0 aromatic carbocycles. The number of esters is 3. The molecule has 0 fully saturated rings. The fraction of sp³-hybridized carbons (Fsp3) is 0.841. The summed E-state index contributed by atoms with van der Waals surface area (Å²) >= 11 is 0. The number of hydrogen-bond acceptors (Lipinski definition) is 6. The summed E-state index contributed by atoms with van der Waals surface area (Å²) in [5, 5.41) is 0. The zero-order valence-electron chi connectivity index (χ0n) is 50.3. The van der Waals surface area contributed by atoms with Gasteiger partial charge in [-0.15, -0.1) is 0 Å². The quantitative estimate of drug-likeness (QED) is 0.0261. The van der Waals surface area contributed by atoms with E-state index in [4.69, 9.17) is 14.2 Å². The highest BCUT2D eigenvalue weighted by Gasteiger charge is 2.19. The van der Waals surface area contributed by atoms with E-state index in [2.05, 4.69) is 69.4 Å². The monoisotopic (exact) mass is 1050 g/mol. The molecule has 75 heavy (non-hydrogen) atoms. The van der Waals surface area contributed by atoms with Crippen molar-refractivity contribution in [1.29, 1.82) is 0 Å². The minimum Gasteiger partial charge on any atom is -0.462 e. The van der Waals surface area contributed by atoms with Crippen LogP contribution in [0.25, 0.3) is 0 Å². The van der Waals surface area contributed by atoms with Crippen molar-refractivity contribution >= 4 is 17.9 Å². The van der Waals surface area contributed by atoms with Crippen molar-refractivity contribution in [2.75, 3.05) is 13.2 Å². The third-order valence-corrected chi connectivity index (χ3v) is 14.8. The van der Waals surface area contributed by atoms with Crippen LogP contribution in [0.1, 0.15) is 355 Å². The second-order valence-electron chi connectivity index (χ2n) is 22.4. The van der Waals surface area contributed by atoms with Crippen LogP contribution in [0, 0.1) is 0 Å². The Morgan fingerprint density at radius 3 is 0.813 bits per heavy atom. The summed E-state index contributed by atoms with van der Waals surface area (Å²) in [6.45, 7) is 6.58. The molecule has 0 aromatic rings. The fourth-order valence-electron chi connectivity index (χ4n) is 9.91. The van der Waals surface area contributed by atoms with Crippen LogP contribution in [0.5, 0.6) is 0 Å². The van der Waals surface area contributed by atoms with E-state index in [0.29, 0.717) is 19.3 Å². The molecule has 1 unspecified atom stereocenters. The van der Waals surface area contributed by atoms with Crippen molar-refractivity contribution in [3.8, 4) is 0 Å². The SMILES string of the molecule is CC/C=C\C/C=C\C/C=C\C/C=C\CCCCCCCCCCCCCCC(=O)OCC(COC(=O)CCCCCCCCCCCCC)OC(=O)CCCCCCCCCCCCCCCCCCCCCCC. The van der Waals surface area contributed by atoms with Crippen molar-refractivity contribution in [1.82, 2.24) is 0 Å². The summed E-state index contributed by atoms with van der Waals surface area (Å²) in [4.78, 5) is 38.3. The molecular weight excluding hydrogens is 925 g/mol. The molecule has 0 aliphatic rings. The zero-order valence-corrected chi connectivity index (χ0v) is 50.3. The highest BCUT2D eigenvalue weighted by molar-refractivity contribution is 5.71. The molecule has 0 aliphatic heterocycles. The first kappa shape index (κ1) is 72.4. The largest absolute Gasteiger partial charge is 0.462 e. The Balaban J connectivity index is 4.21. The molecule has 6 nitrogen and oxygen atoms in total. The Kier molecular flexibility index (Phi) is 61.7. The summed E-state index contributed by atoms with van der Waals surface area (Å²) in [6, 6.07) is 0. The molecule has 0 heterocycles. The van der Waals surface area contributed by atoms with E-state index in [1.165, 1.54) is 231 Å². The fourth-order valence-corrected chi connectivity index (χ4v) is 9.91. The molecule has 0 saturated heterocycles. The normalized spacial score (nSPS) is 12.3. The van der Waals surface area contributed by atoms with Gasteiger partial charge in [0.1, 0.15) is 13.2 Å². The van der Waals surface area contributed by atoms with E-state index in [-0.39, 0.29) is 31.1 Å². The average Bonchev–Trinajstić information content (AvgIpc) is 3.41. The van der Waals surface area contributed by atoms with Gasteiger partial charge in [0.15, 0.2) is 6.10 Å². The van der Waals surface area contributed by atoms with Gasteiger partial charge in [0.25, 0.3) is 0 Å². The van der Waals surface area contributed by atoms with Crippen LogP contribution in [0.4, 0.5) is 0 Å². The molecule has 0 spiro atoms. The number of carbonyl (C=O) groups is 3. The number of rotatable bonds is 61. The van der Waals surface area contributed by atoms with Gasteiger partial charge in [-0.3, -0.25) is 14.4 Å². The summed E-state index contributed by atoms with van der Waals surface area (Å²) in [5.74, 6) is -0.846. The Labute approximate surface area is 467 Å². The Hall–Kier alpha value is -2.63. The lowest BCUT2D eigenvalue weighted by molar-refractivity contribution is -0.167. The van der Waals surface area contributed by atoms with E-state index in [1.54, 1.807) is 0 Å². The molecule has 0 aliphatic carbocycles. The van der Waals surface area contributed by atoms with Crippen LogP contribution in [0.3, 0.4) is 0 Å². The molecule has 0 amide bonds. The van der Waals surface area contributed by atoms with Gasteiger partial charge in [-0.1, -0.05) is 326 Å². The number of ether oxygens (including phenoxy) is 3. The first-order valence-electron chi connectivity index (χ1n) is 33.1. The molecule has 1 atom stereocenters. The standard InChI is InChI=1S/C69H126O6/c1-4-7-10-13-16-19-22-24-26-28-30-32-33-34-35-37-38-40-42-44-47-50-53-56-59-62-68(71)74-65-66(64-73-67(70)61-58-55-52-49-46-21-18-15-12-9-6-3)75-69(72)63-60-57-54-51-48-45-43-41-39-36-31-29-27-25-23-20-17-14-11-8-5-2/h7,10,16,19,24,26,30,32,66H,4-6,8-9,11-15,17-18,20-23,25,27-29,31,33-65H2,1-3H3/b10-7-,19-16-,26-24-,32-30-. The van der Waals surface area contributed by atoms with E-state index >= 15 is 0 Å². The molecule has 6 heteroatoms. The molecule has 0 bridgehead atoms. The molecular formula is C69H126O6. The summed E-state index contributed by atoms with van der Waals surface area (Å²) in [6.07, 6.45) is 79.9.